The third-order valence-corrected chi connectivity index (χ3v) is 4.29. The van der Waals surface area contributed by atoms with E-state index in [1.807, 2.05) is 17.5 Å². The van der Waals surface area contributed by atoms with Gasteiger partial charge >= 0.3 is 6.03 Å². The van der Waals surface area contributed by atoms with Crippen molar-refractivity contribution in [2.75, 3.05) is 11.9 Å². The van der Waals surface area contributed by atoms with Gasteiger partial charge in [-0.3, -0.25) is 9.59 Å². The van der Waals surface area contributed by atoms with E-state index >= 15 is 0 Å². The van der Waals surface area contributed by atoms with Crippen LogP contribution < -0.4 is 10.6 Å². The maximum absolute atomic E-state index is 12.3. The van der Waals surface area contributed by atoms with Gasteiger partial charge < -0.3 is 10.6 Å². The lowest BCUT2D eigenvalue weighted by molar-refractivity contribution is -0.127. The molecular weight excluding hydrogens is 350 g/mol. The molecule has 0 bridgehead atoms. The van der Waals surface area contributed by atoms with Crippen molar-refractivity contribution >= 4 is 52.5 Å². The SMILES string of the molecule is O=C(CN1C(=O)NC(=Cc2cccs2)C1=O)Nc1ccc(Cl)cc1. The summed E-state index contributed by atoms with van der Waals surface area (Å²) >= 11 is 7.22. The molecule has 1 aliphatic rings. The second-order valence-corrected chi connectivity index (χ2v) is 6.37. The standard InChI is InChI=1S/C16H12ClN3O3S/c17-10-3-5-11(6-4-10)18-14(21)9-20-15(22)13(19-16(20)23)8-12-2-1-7-24-12/h1-8H,9H2,(H,18,21)(H,19,23). The largest absolute Gasteiger partial charge is 0.329 e. The molecule has 0 radical (unpaired) electrons. The van der Waals surface area contributed by atoms with Crippen molar-refractivity contribution < 1.29 is 14.4 Å². The third kappa shape index (κ3) is 3.64. The Hall–Kier alpha value is -2.64. The van der Waals surface area contributed by atoms with Crippen molar-refractivity contribution in [3.63, 3.8) is 0 Å². The molecule has 122 valence electrons. The summed E-state index contributed by atoms with van der Waals surface area (Å²) in [6, 6.07) is 9.58. The number of hydrogen-bond donors (Lipinski definition) is 2. The second kappa shape index (κ2) is 6.86. The van der Waals surface area contributed by atoms with E-state index in [1.165, 1.54) is 11.3 Å². The van der Waals surface area contributed by atoms with Gasteiger partial charge in [-0.2, -0.15) is 0 Å². The van der Waals surface area contributed by atoms with E-state index in [9.17, 15) is 14.4 Å². The molecule has 2 N–H and O–H groups in total. The van der Waals surface area contributed by atoms with E-state index in [-0.39, 0.29) is 12.2 Å². The molecule has 0 unspecified atom stereocenters. The predicted molar refractivity (Wildman–Crippen MR) is 92.6 cm³/mol. The van der Waals surface area contributed by atoms with Gasteiger partial charge in [0, 0.05) is 15.6 Å². The number of urea groups is 1. The van der Waals surface area contributed by atoms with Crippen LogP contribution in [0.15, 0.2) is 47.5 Å². The van der Waals surface area contributed by atoms with Gasteiger partial charge in [-0.15, -0.1) is 11.3 Å². The van der Waals surface area contributed by atoms with Gasteiger partial charge in [-0.05, 0) is 41.8 Å². The molecule has 3 rings (SSSR count). The molecule has 0 saturated carbocycles. The summed E-state index contributed by atoms with van der Waals surface area (Å²) < 4.78 is 0. The average Bonchev–Trinajstić information content (AvgIpc) is 3.14. The Morgan fingerprint density at radius 2 is 2.00 bits per heavy atom. The van der Waals surface area contributed by atoms with Gasteiger partial charge in [-0.25, -0.2) is 9.69 Å². The van der Waals surface area contributed by atoms with Crippen LogP contribution in [-0.4, -0.2) is 29.3 Å². The fraction of sp³-hybridized carbons (Fsp3) is 0.0625. The molecular formula is C16H12ClN3O3S. The lowest BCUT2D eigenvalue weighted by atomic mass is 10.3. The first-order chi connectivity index (χ1) is 11.5. The van der Waals surface area contributed by atoms with Gasteiger partial charge in [0.05, 0.1) is 0 Å². The number of nitrogens with one attached hydrogen (secondary N) is 2. The normalized spacial score (nSPS) is 15.7. The minimum absolute atomic E-state index is 0.154. The number of anilines is 1. The van der Waals surface area contributed by atoms with E-state index in [0.29, 0.717) is 10.7 Å². The Kier molecular flexibility index (Phi) is 4.64. The van der Waals surface area contributed by atoms with E-state index in [4.69, 9.17) is 11.6 Å². The molecule has 1 saturated heterocycles. The molecule has 0 atom stereocenters. The zero-order valence-corrected chi connectivity index (χ0v) is 13.9. The molecule has 1 fully saturated rings. The van der Waals surface area contributed by atoms with Crippen molar-refractivity contribution in [2.24, 2.45) is 0 Å². The molecule has 0 spiro atoms. The minimum Gasteiger partial charge on any atom is -0.325 e. The van der Waals surface area contributed by atoms with E-state index < -0.39 is 17.8 Å². The van der Waals surface area contributed by atoms with Crippen LogP contribution >= 0.6 is 22.9 Å². The Bertz CT molecular complexity index is 816. The molecule has 8 heteroatoms. The number of rotatable bonds is 4. The first-order valence-electron chi connectivity index (χ1n) is 6.96. The van der Waals surface area contributed by atoms with Crippen molar-refractivity contribution in [3.05, 3.63) is 57.4 Å². The van der Waals surface area contributed by atoms with Crippen molar-refractivity contribution in [1.82, 2.24) is 10.2 Å². The predicted octanol–water partition coefficient (Wildman–Crippen LogP) is 2.93. The number of halogens is 1. The molecule has 1 aromatic heterocycles. The third-order valence-electron chi connectivity index (χ3n) is 3.22. The molecule has 1 aliphatic heterocycles. The summed E-state index contributed by atoms with van der Waals surface area (Å²) in [4.78, 5) is 37.9. The van der Waals surface area contributed by atoms with Gasteiger partial charge in [-0.1, -0.05) is 17.7 Å². The van der Waals surface area contributed by atoms with Crippen LogP contribution in [-0.2, 0) is 9.59 Å². The second-order valence-electron chi connectivity index (χ2n) is 4.95. The van der Waals surface area contributed by atoms with E-state index in [0.717, 1.165) is 9.78 Å². The first-order valence-corrected chi connectivity index (χ1v) is 8.22. The van der Waals surface area contributed by atoms with Crippen LogP contribution in [0.25, 0.3) is 6.08 Å². The van der Waals surface area contributed by atoms with Crippen LogP contribution in [0, 0.1) is 0 Å². The fourth-order valence-corrected chi connectivity index (χ4v) is 2.89. The minimum atomic E-state index is -0.617. The highest BCUT2D eigenvalue weighted by Gasteiger charge is 2.34. The van der Waals surface area contributed by atoms with Gasteiger partial charge in [0.15, 0.2) is 0 Å². The first kappa shape index (κ1) is 16.2. The Morgan fingerprint density at radius 1 is 1.25 bits per heavy atom. The highest BCUT2D eigenvalue weighted by Crippen LogP contribution is 2.18. The number of carbonyl (C=O) groups excluding carboxylic acids is 3. The number of nitrogens with zero attached hydrogens (tertiary/aromatic N) is 1. The summed E-state index contributed by atoms with van der Waals surface area (Å²) in [6.45, 7) is -0.366. The monoisotopic (exact) mass is 361 g/mol. The Labute approximate surface area is 146 Å². The summed E-state index contributed by atoms with van der Waals surface area (Å²) in [5.41, 5.74) is 0.688. The Morgan fingerprint density at radius 3 is 2.67 bits per heavy atom. The van der Waals surface area contributed by atoms with E-state index in [2.05, 4.69) is 10.6 Å². The summed E-state index contributed by atoms with van der Waals surface area (Å²) in [5.74, 6) is -1.00. The van der Waals surface area contributed by atoms with Crippen LogP contribution in [0.5, 0.6) is 0 Å². The molecule has 1 aromatic carbocycles. The topological polar surface area (TPSA) is 78.5 Å². The summed E-state index contributed by atoms with van der Waals surface area (Å²) in [5, 5.41) is 7.50. The lowest BCUT2D eigenvalue weighted by Crippen LogP contribution is -2.38. The van der Waals surface area contributed by atoms with E-state index in [1.54, 1.807) is 30.3 Å². The van der Waals surface area contributed by atoms with Gasteiger partial charge in [0.2, 0.25) is 5.91 Å². The number of carbonyl (C=O) groups is 3. The molecule has 0 aliphatic carbocycles. The zero-order chi connectivity index (χ0) is 17.1. The number of hydrogen-bond acceptors (Lipinski definition) is 4. The number of thiophene rings is 1. The highest BCUT2D eigenvalue weighted by molar-refractivity contribution is 7.10. The van der Waals surface area contributed by atoms with Crippen molar-refractivity contribution in [3.8, 4) is 0 Å². The highest BCUT2D eigenvalue weighted by atomic mass is 35.5. The van der Waals surface area contributed by atoms with Gasteiger partial charge in [0.25, 0.3) is 5.91 Å². The van der Waals surface area contributed by atoms with Crippen LogP contribution in [0.2, 0.25) is 5.02 Å². The zero-order valence-electron chi connectivity index (χ0n) is 12.3. The fourth-order valence-electron chi connectivity index (χ4n) is 2.11. The Balaban J connectivity index is 1.66. The molecule has 2 aromatic rings. The maximum atomic E-state index is 12.3. The number of imide groups is 1. The van der Waals surface area contributed by atoms with Gasteiger partial charge in [0.1, 0.15) is 12.2 Å². The lowest BCUT2D eigenvalue weighted by Gasteiger charge is -2.11. The molecule has 24 heavy (non-hydrogen) atoms. The number of amides is 4. The maximum Gasteiger partial charge on any atom is 0.329 e. The van der Waals surface area contributed by atoms with Crippen molar-refractivity contribution in [1.29, 1.82) is 0 Å². The average molecular weight is 362 g/mol. The number of benzene rings is 1. The summed E-state index contributed by atoms with van der Waals surface area (Å²) in [6.07, 6.45) is 1.59. The molecule has 4 amide bonds. The quantitative estimate of drug-likeness (QED) is 0.649. The smallest absolute Gasteiger partial charge is 0.325 e. The van der Waals surface area contributed by atoms with Crippen LogP contribution in [0.1, 0.15) is 4.88 Å². The molecule has 2 heterocycles. The summed E-state index contributed by atoms with van der Waals surface area (Å²) in [7, 11) is 0. The van der Waals surface area contributed by atoms with Crippen LogP contribution in [0.4, 0.5) is 10.5 Å². The molecule has 6 nitrogen and oxygen atoms in total. The van der Waals surface area contributed by atoms with Crippen molar-refractivity contribution in [2.45, 2.75) is 0 Å². The van der Waals surface area contributed by atoms with Crippen LogP contribution in [0.3, 0.4) is 0 Å².